The molecule has 2 aromatic heterocycles. The summed E-state index contributed by atoms with van der Waals surface area (Å²) in [6.45, 7) is 3.42. The average molecular weight is 419 g/mol. The largest absolute Gasteiger partial charge is 0.342 e. The first kappa shape index (κ1) is 22.0. The number of aromatic amines is 1. The molecular formula is C23H26N6O2. The summed E-state index contributed by atoms with van der Waals surface area (Å²) in [5.41, 5.74) is 2.85. The molecular weight excluding hydrogens is 392 g/mol. The predicted molar refractivity (Wildman–Crippen MR) is 119 cm³/mol. The Morgan fingerprint density at radius 2 is 1.94 bits per heavy atom. The first-order valence-electron chi connectivity index (χ1n) is 10.00. The Bertz CT molecular complexity index is 1170. The summed E-state index contributed by atoms with van der Waals surface area (Å²) in [5.74, 6) is 0.292. The zero-order chi connectivity index (χ0) is 22.5. The molecule has 3 rings (SSSR count). The maximum Gasteiger partial charge on any atom is 0.280 e. The number of nitrogens with one attached hydrogen (secondary N) is 1. The predicted octanol–water partition coefficient (Wildman–Crippen LogP) is 2.43. The lowest BCUT2D eigenvalue weighted by Gasteiger charge is -2.18. The SMILES string of the molecule is Cc1cc(C#N)ccc1-c1c[nH]n(-c2ccc(C(=O)N(C)CCCN(C)C)cn2)c1=O. The molecule has 0 atom stereocenters. The molecule has 0 unspecified atom stereocenters. The van der Waals surface area contributed by atoms with Crippen LogP contribution in [0.1, 0.15) is 27.9 Å². The molecule has 8 nitrogen and oxygen atoms in total. The number of pyridine rings is 1. The van der Waals surface area contributed by atoms with Crippen molar-refractivity contribution in [2.75, 3.05) is 34.2 Å². The van der Waals surface area contributed by atoms with E-state index in [0.29, 0.717) is 29.1 Å². The molecule has 0 radical (unpaired) electrons. The van der Waals surface area contributed by atoms with Crippen molar-refractivity contribution in [1.82, 2.24) is 24.6 Å². The van der Waals surface area contributed by atoms with Crippen LogP contribution in [0.25, 0.3) is 16.9 Å². The van der Waals surface area contributed by atoms with E-state index in [4.69, 9.17) is 5.26 Å². The quantitative estimate of drug-likeness (QED) is 0.635. The highest BCUT2D eigenvalue weighted by Gasteiger charge is 2.15. The maximum absolute atomic E-state index is 12.9. The number of carbonyl (C=O) groups is 1. The number of nitrogens with zero attached hydrogens (tertiary/aromatic N) is 5. The lowest BCUT2D eigenvalue weighted by atomic mass is 10.0. The summed E-state index contributed by atoms with van der Waals surface area (Å²) in [5, 5.41) is 12.0. The third kappa shape index (κ3) is 4.90. The highest BCUT2D eigenvalue weighted by molar-refractivity contribution is 5.93. The van der Waals surface area contributed by atoms with Crippen LogP contribution in [0.4, 0.5) is 0 Å². The number of amides is 1. The van der Waals surface area contributed by atoms with Crippen molar-refractivity contribution in [2.24, 2.45) is 0 Å². The Morgan fingerprint density at radius 1 is 1.16 bits per heavy atom. The number of benzene rings is 1. The lowest BCUT2D eigenvalue weighted by molar-refractivity contribution is 0.0790. The van der Waals surface area contributed by atoms with Crippen molar-refractivity contribution in [1.29, 1.82) is 5.26 Å². The first-order valence-corrected chi connectivity index (χ1v) is 10.00. The molecule has 0 spiro atoms. The Hall–Kier alpha value is -3.70. The van der Waals surface area contributed by atoms with Crippen LogP contribution in [0.3, 0.4) is 0 Å². The Kier molecular flexibility index (Phi) is 6.68. The van der Waals surface area contributed by atoms with E-state index in [1.165, 1.54) is 10.9 Å². The molecule has 8 heteroatoms. The van der Waals surface area contributed by atoms with Gasteiger partial charge in [-0.05, 0) is 69.4 Å². The number of aromatic nitrogens is 3. The van der Waals surface area contributed by atoms with E-state index in [1.807, 2.05) is 21.0 Å². The number of H-pyrrole nitrogens is 1. The van der Waals surface area contributed by atoms with Gasteiger partial charge in [-0.3, -0.25) is 14.7 Å². The van der Waals surface area contributed by atoms with Gasteiger partial charge in [0, 0.05) is 26.0 Å². The molecule has 1 amide bonds. The molecule has 0 aliphatic carbocycles. The van der Waals surface area contributed by atoms with E-state index in [2.05, 4.69) is 21.1 Å². The summed E-state index contributed by atoms with van der Waals surface area (Å²) in [7, 11) is 5.77. The van der Waals surface area contributed by atoms with Gasteiger partial charge in [-0.1, -0.05) is 6.07 Å². The van der Waals surface area contributed by atoms with Crippen molar-refractivity contribution < 1.29 is 4.79 Å². The third-order valence-electron chi connectivity index (χ3n) is 5.09. The second kappa shape index (κ2) is 9.41. The number of aryl methyl sites for hydroxylation is 1. The Balaban J connectivity index is 1.79. The van der Waals surface area contributed by atoms with Crippen LogP contribution in [-0.2, 0) is 0 Å². The van der Waals surface area contributed by atoms with E-state index in [-0.39, 0.29) is 11.5 Å². The van der Waals surface area contributed by atoms with Crippen LogP contribution < -0.4 is 5.56 Å². The molecule has 1 aromatic carbocycles. The summed E-state index contributed by atoms with van der Waals surface area (Å²) in [6.07, 6.45) is 3.99. The van der Waals surface area contributed by atoms with Crippen LogP contribution in [0.5, 0.6) is 0 Å². The van der Waals surface area contributed by atoms with Gasteiger partial charge in [0.25, 0.3) is 11.5 Å². The van der Waals surface area contributed by atoms with Crippen LogP contribution in [0, 0.1) is 18.3 Å². The van der Waals surface area contributed by atoms with Crippen molar-refractivity contribution in [3.63, 3.8) is 0 Å². The molecule has 0 aliphatic rings. The van der Waals surface area contributed by atoms with Crippen LogP contribution >= 0.6 is 0 Å². The van der Waals surface area contributed by atoms with Crippen LogP contribution in [0.2, 0.25) is 0 Å². The second-order valence-electron chi connectivity index (χ2n) is 7.76. The van der Waals surface area contributed by atoms with Crippen LogP contribution in [0.15, 0.2) is 47.5 Å². The van der Waals surface area contributed by atoms with Gasteiger partial charge in [0.1, 0.15) is 0 Å². The zero-order valence-electron chi connectivity index (χ0n) is 18.2. The van der Waals surface area contributed by atoms with E-state index in [0.717, 1.165) is 24.1 Å². The number of rotatable bonds is 7. The summed E-state index contributed by atoms with van der Waals surface area (Å²) < 4.78 is 1.34. The van der Waals surface area contributed by atoms with E-state index in [1.54, 1.807) is 48.5 Å². The van der Waals surface area contributed by atoms with Gasteiger partial charge < -0.3 is 9.80 Å². The third-order valence-corrected chi connectivity index (χ3v) is 5.09. The second-order valence-corrected chi connectivity index (χ2v) is 7.76. The number of nitriles is 1. The fourth-order valence-electron chi connectivity index (χ4n) is 3.36. The number of carbonyl (C=O) groups excluding carboxylic acids is 1. The molecule has 0 bridgehead atoms. The normalized spacial score (nSPS) is 10.8. The Morgan fingerprint density at radius 3 is 2.55 bits per heavy atom. The van der Waals surface area contributed by atoms with Gasteiger partial charge in [-0.25, -0.2) is 9.67 Å². The number of hydrogen-bond acceptors (Lipinski definition) is 5. The first-order chi connectivity index (χ1) is 14.8. The van der Waals surface area contributed by atoms with Crippen molar-refractivity contribution >= 4 is 5.91 Å². The van der Waals surface area contributed by atoms with Gasteiger partial charge >= 0.3 is 0 Å². The van der Waals surface area contributed by atoms with Gasteiger partial charge in [0.2, 0.25) is 0 Å². The number of hydrogen-bond donors (Lipinski definition) is 1. The minimum absolute atomic E-state index is 0.106. The fourth-order valence-corrected chi connectivity index (χ4v) is 3.36. The van der Waals surface area contributed by atoms with Gasteiger partial charge in [-0.2, -0.15) is 5.26 Å². The maximum atomic E-state index is 12.9. The van der Waals surface area contributed by atoms with Gasteiger partial charge in [-0.15, -0.1) is 0 Å². The molecule has 0 aliphatic heterocycles. The van der Waals surface area contributed by atoms with Crippen molar-refractivity contribution in [2.45, 2.75) is 13.3 Å². The topological polar surface area (TPSA) is 98.0 Å². The van der Waals surface area contributed by atoms with Crippen molar-refractivity contribution in [3.8, 4) is 23.0 Å². The molecule has 0 saturated heterocycles. The van der Waals surface area contributed by atoms with Gasteiger partial charge in [0.15, 0.2) is 5.82 Å². The molecule has 0 fully saturated rings. The highest BCUT2D eigenvalue weighted by Crippen LogP contribution is 2.21. The molecule has 2 heterocycles. The summed E-state index contributed by atoms with van der Waals surface area (Å²) in [4.78, 5) is 33.6. The van der Waals surface area contributed by atoms with Crippen molar-refractivity contribution in [3.05, 3.63) is 69.8 Å². The van der Waals surface area contributed by atoms with Gasteiger partial charge in [0.05, 0.1) is 22.8 Å². The molecule has 3 aromatic rings. The van der Waals surface area contributed by atoms with E-state index >= 15 is 0 Å². The standard InChI is InChI=1S/C23H26N6O2/c1-16-12-17(13-24)6-8-19(16)20-15-26-29(23(20)31)21-9-7-18(14-25-21)22(30)28(4)11-5-10-27(2)3/h6-9,12,14-15,26H,5,10-11H2,1-4H3. The summed E-state index contributed by atoms with van der Waals surface area (Å²) in [6, 6.07) is 10.6. The minimum atomic E-state index is -0.250. The minimum Gasteiger partial charge on any atom is -0.342 e. The molecule has 160 valence electrons. The monoisotopic (exact) mass is 418 g/mol. The fraction of sp³-hybridized carbons (Fsp3) is 0.304. The molecule has 1 N–H and O–H groups in total. The molecule has 31 heavy (non-hydrogen) atoms. The highest BCUT2D eigenvalue weighted by atomic mass is 16.2. The van der Waals surface area contributed by atoms with E-state index in [9.17, 15) is 9.59 Å². The Labute approximate surface area is 181 Å². The average Bonchev–Trinajstić information content (AvgIpc) is 3.13. The zero-order valence-corrected chi connectivity index (χ0v) is 18.2. The lowest BCUT2D eigenvalue weighted by Crippen LogP contribution is -2.30. The smallest absolute Gasteiger partial charge is 0.280 e. The molecule has 0 saturated carbocycles. The van der Waals surface area contributed by atoms with Crippen LogP contribution in [-0.4, -0.2) is 64.7 Å². The van der Waals surface area contributed by atoms with E-state index < -0.39 is 0 Å². The summed E-state index contributed by atoms with van der Waals surface area (Å²) >= 11 is 0.